The quantitative estimate of drug-likeness (QED) is 0.658. The Bertz CT molecular complexity index is 297. The molecule has 0 fully saturated rings. The molecule has 0 spiro atoms. The molecule has 0 amide bonds. The fourth-order valence-corrected chi connectivity index (χ4v) is 0.892. The second-order valence-corrected chi connectivity index (χ2v) is 2.63. The number of hydrogen-bond acceptors (Lipinski definition) is 1. The fourth-order valence-electron chi connectivity index (χ4n) is 0.892. The van der Waals surface area contributed by atoms with Crippen molar-refractivity contribution in [3.63, 3.8) is 0 Å². The molecule has 64 valence electrons. The molecule has 1 aromatic rings. The van der Waals surface area contributed by atoms with Crippen LogP contribution in [0.1, 0.15) is 18.4 Å². The van der Waals surface area contributed by atoms with Gasteiger partial charge in [-0.1, -0.05) is 13.0 Å². The van der Waals surface area contributed by atoms with Gasteiger partial charge in [-0.2, -0.15) is 0 Å². The molecule has 0 saturated carbocycles. The summed E-state index contributed by atoms with van der Waals surface area (Å²) in [6.45, 7) is 1.75. The summed E-state index contributed by atoms with van der Waals surface area (Å²) >= 11 is 0. The molecule has 0 aliphatic carbocycles. The van der Waals surface area contributed by atoms with Gasteiger partial charge in [-0.15, -0.1) is 0 Å². The van der Waals surface area contributed by atoms with Crippen molar-refractivity contribution in [2.24, 2.45) is 0 Å². The smallest absolute Gasteiger partial charge is 0.159 e. The third-order valence-electron chi connectivity index (χ3n) is 1.72. The molecule has 0 aliphatic rings. The summed E-state index contributed by atoms with van der Waals surface area (Å²) < 4.78 is 25.1. The first-order valence-corrected chi connectivity index (χ1v) is 3.60. The van der Waals surface area contributed by atoms with E-state index in [1.165, 1.54) is 12.3 Å². The summed E-state index contributed by atoms with van der Waals surface area (Å²) in [5, 5.41) is 6.93. The number of benzene rings is 1. The van der Waals surface area contributed by atoms with E-state index in [0.717, 1.165) is 12.1 Å². The van der Waals surface area contributed by atoms with Crippen molar-refractivity contribution in [1.82, 2.24) is 0 Å². The van der Waals surface area contributed by atoms with Crippen molar-refractivity contribution in [1.29, 1.82) is 5.41 Å². The van der Waals surface area contributed by atoms with Crippen molar-refractivity contribution in [2.75, 3.05) is 0 Å². The van der Waals surface area contributed by atoms with Crippen LogP contribution in [0.2, 0.25) is 0 Å². The van der Waals surface area contributed by atoms with Crippen LogP contribution in [0, 0.1) is 17.0 Å². The van der Waals surface area contributed by atoms with E-state index in [0.29, 0.717) is 5.56 Å². The molecule has 1 N–H and O–H groups in total. The van der Waals surface area contributed by atoms with E-state index in [9.17, 15) is 8.78 Å². The van der Waals surface area contributed by atoms with E-state index in [1.54, 1.807) is 6.92 Å². The Morgan fingerprint density at radius 2 is 2.00 bits per heavy atom. The summed E-state index contributed by atoms with van der Waals surface area (Å²) in [5.74, 6) is -1.88. The molecule has 3 heteroatoms. The first-order chi connectivity index (χ1) is 5.65. The SMILES string of the molecule is C[C@H](C=N)c1ccc(F)c(F)c1. The number of hydrogen-bond donors (Lipinski definition) is 1. The van der Waals surface area contributed by atoms with Gasteiger partial charge >= 0.3 is 0 Å². The van der Waals surface area contributed by atoms with E-state index in [2.05, 4.69) is 0 Å². The minimum atomic E-state index is -0.860. The Labute approximate surface area is 69.5 Å². The topological polar surface area (TPSA) is 23.9 Å². The molecule has 0 aliphatic heterocycles. The van der Waals surface area contributed by atoms with Crippen LogP contribution in [0.3, 0.4) is 0 Å². The van der Waals surface area contributed by atoms with Crippen LogP contribution in [-0.2, 0) is 0 Å². The lowest BCUT2D eigenvalue weighted by Gasteiger charge is -2.04. The van der Waals surface area contributed by atoms with Gasteiger partial charge in [-0.3, -0.25) is 0 Å². The lowest BCUT2D eigenvalue weighted by Crippen LogP contribution is -1.95. The van der Waals surface area contributed by atoms with Gasteiger partial charge in [0, 0.05) is 12.1 Å². The van der Waals surface area contributed by atoms with Crippen LogP contribution in [0.4, 0.5) is 8.78 Å². The summed E-state index contributed by atoms with van der Waals surface area (Å²) in [6, 6.07) is 3.67. The van der Waals surface area contributed by atoms with Gasteiger partial charge in [0.25, 0.3) is 0 Å². The second-order valence-electron chi connectivity index (χ2n) is 2.63. The number of rotatable bonds is 2. The van der Waals surface area contributed by atoms with Crippen LogP contribution in [0.15, 0.2) is 18.2 Å². The van der Waals surface area contributed by atoms with Crippen LogP contribution in [0.25, 0.3) is 0 Å². The van der Waals surface area contributed by atoms with Crippen molar-refractivity contribution in [3.05, 3.63) is 35.4 Å². The summed E-state index contributed by atoms with van der Waals surface area (Å²) in [5.41, 5.74) is 0.615. The number of halogens is 2. The van der Waals surface area contributed by atoms with Crippen LogP contribution >= 0.6 is 0 Å². The van der Waals surface area contributed by atoms with Crippen LogP contribution in [-0.4, -0.2) is 6.21 Å². The maximum Gasteiger partial charge on any atom is 0.159 e. The molecule has 12 heavy (non-hydrogen) atoms. The Morgan fingerprint density at radius 1 is 1.33 bits per heavy atom. The average Bonchev–Trinajstić information content (AvgIpc) is 2.08. The normalized spacial score (nSPS) is 12.6. The average molecular weight is 169 g/mol. The molecule has 0 heterocycles. The lowest BCUT2D eigenvalue weighted by atomic mass is 10.0. The van der Waals surface area contributed by atoms with Crippen molar-refractivity contribution in [3.8, 4) is 0 Å². The molecule has 1 atom stereocenters. The third kappa shape index (κ3) is 1.67. The van der Waals surface area contributed by atoms with Gasteiger partial charge in [0.2, 0.25) is 0 Å². The molecular formula is C9H9F2N. The van der Waals surface area contributed by atoms with Gasteiger partial charge < -0.3 is 5.41 Å². The predicted molar refractivity (Wildman–Crippen MR) is 43.6 cm³/mol. The Kier molecular flexibility index (Phi) is 2.53. The first-order valence-electron chi connectivity index (χ1n) is 3.60. The Balaban J connectivity index is 3.04. The minimum absolute atomic E-state index is 0.167. The molecular weight excluding hydrogens is 160 g/mol. The largest absolute Gasteiger partial charge is 0.312 e. The molecule has 0 unspecified atom stereocenters. The van der Waals surface area contributed by atoms with Gasteiger partial charge in [0.1, 0.15) is 0 Å². The first kappa shape index (κ1) is 8.84. The summed E-state index contributed by atoms with van der Waals surface area (Å²) in [6.07, 6.45) is 1.19. The fraction of sp³-hybridized carbons (Fsp3) is 0.222. The third-order valence-corrected chi connectivity index (χ3v) is 1.72. The lowest BCUT2D eigenvalue weighted by molar-refractivity contribution is 0.507. The molecule has 0 radical (unpaired) electrons. The number of nitrogens with one attached hydrogen (secondary N) is 1. The van der Waals surface area contributed by atoms with E-state index in [4.69, 9.17) is 5.41 Å². The van der Waals surface area contributed by atoms with Gasteiger partial charge in [-0.25, -0.2) is 8.78 Å². The Hall–Kier alpha value is -1.25. The van der Waals surface area contributed by atoms with E-state index >= 15 is 0 Å². The zero-order valence-corrected chi connectivity index (χ0v) is 6.64. The predicted octanol–water partition coefficient (Wildman–Crippen LogP) is 2.72. The molecule has 0 saturated heterocycles. The summed E-state index contributed by atoms with van der Waals surface area (Å²) in [4.78, 5) is 0. The second kappa shape index (κ2) is 3.43. The zero-order valence-electron chi connectivity index (χ0n) is 6.64. The van der Waals surface area contributed by atoms with Gasteiger partial charge in [-0.05, 0) is 17.7 Å². The van der Waals surface area contributed by atoms with Gasteiger partial charge in [0.15, 0.2) is 11.6 Å². The highest BCUT2D eigenvalue weighted by molar-refractivity contribution is 5.63. The van der Waals surface area contributed by atoms with E-state index in [1.807, 2.05) is 0 Å². The monoisotopic (exact) mass is 169 g/mol. The standard InChI is InChI=1S/C9H9F2N/c1-6(5-12)7-2-3-8(10)9(11)4-7/h2-6,12H,1H3/t6-/m1/s1. The molecule has 1 nitrogen and oxygen atoms in total. The van der Waals surface area contributed by atoms with Gasteiger partial charge in [0.05, 0.1) is 0 Å². The zero-order chi connectivity index (χ0) is 9.14. The van der Waals surface area contributed by atoms with Crippen molar-refractivity contribution in [2.45, 2.75) is 12.8 Å². The highest BCUT2D eigenvalue weighted by Crippen LogP contribution is 2.15. The van der Waals surface area contributed by atoms with Crippen molar-refractivity contribution >= 4 is 6.21 Å². The molecule has 1 rings (SSSR count). The maximum atomic E-state index is 12.6. The van der Waals surface area contributed by atoms with E-state index in [-0.39, 0.29) is 5.92 Å². The molecule has 1 aromatic carbocycles. The summed E-state index contributed by atoms with van der Waals surface area (Å²) in [7, 11) is 0. The van der Waals surface area contributed by atoms with Crippen molar-refractivity contribution < 1.29 is 8.78 Å². The van der Waals surface area contributed by atoms with Crippen LogP contribution < -0.4 is 0 Å². The van der Waals surface area contributed by atoms with Crippen LogP contribution in [0.5, 0.6) is 0 Å². The maximum absolute atomic E-state index is 12.6. The molecule has 0 bridgehead atoms. The minimum Gasteiger partial charge on any atom is -0.312 e. The highest BCUT2D eigenvalue weighted by Gasteiger charge is 2.06. The Morgan fingerprint density at radius 3 is 2.50 bits per heavy atom. The van der Waals surface area contributed by atoms with E-state index < -0.39 is 11.6 Å². The molecule has 0 aromatic heterocycles. The highest BCUT2D eigenvalue weighted by atomic mass is 19.2.